The fourth-order valence-electron chi connectivity index (χ4n) is 3.36. The number of aldehydes is 1. The molecule has 10 nitrogen and oxygen atoms in total. The molecule has 1 aromatic heterocycles. The normalized spacial score (nSPS) is 21.5. The van der Waals surface area contributed by atoms with Crippen LogP contribution >= 0.6 is 0 Å². The van der Waals surface area contributed by atoms with Gasteiger partial charge in [-0.3, -0.25) is 9.59 Å². The van der Waals surface area contributed by atoms with Crippen LogP contribution in [0.15, 0.2) is 36.3 Å². The number of anilines is 2. The van der Waals surface area contributed by atoms with Crippen molar-refractivity contribution in [2.75, 3.05) is 24.7 Å². The van der Waals surface area contributed by atoms with Crippen molar-refractivity contribution < 1.29 is 14.7 Å². The number of carbonyl (C=O) groups is 2. The minimum Gasteiger partial charge on any atom is -0.404 e. The van der Waals surface area contributed by atoms with Crippen molar-refractivity contribution in [2.24, 2.45) is 5.73 Å². The van der Waals surface area contributed by atoms with E-state index in [0.29, 0.717) is 42.5 Å². The van der Waals surface area contributed by atoms with E-state index in [9.17, 15) is 14.7 Å². The van der Waals surface area contributed by atoms with Gasteiger partial charge in [0.05, 0.1) is 23.4 Å². The summed E-state index contributed by atoms with van der Waals surface area (Å²) in [4.78, 5) is 35.0. The molecule has 2 atom stereocenters. The molecule has 32 heavy (non-hydrogen) atoms. The first-order chi connectivity index (χ1) is 15.4. The van der Waals surface area contributed by atoms with E-state index in [1.807, 2.05) is 13.2 Å². The Hall–Kier alpha value is -3.40. The topological polar surface area (TPSA) is 146 Å². The summed E-state index contributed by atoms with van der Waals surface area (Å²) in [7, 11) is 3.70. The lowest BCUT2D eigenvalue weighted by Crippen LogP contribution is -2.50. The Labute approximate surface area is 187 Å². The molecule has 2 saturated carbocycles. The highest BCUT2D eigenvalue weighted by molar-refractivity contribution is 6.18. The van der Waals surface area contributed by atoms with E-state index < -0.39 is 12.0 Å². The van der Waals surface area contributed by atoms with Crippen LogP contribution in [0.4, 0.5) is 11.6 Å². The van der Waals surface area contributed by atoms with Crippen molar-refractivity contribution in [1.29, 1.82) is 0 Å². The first-order valence-corrected chi connectivity index (χ1v) is 10.8. The van der Waals surface area contributed by atoms with Gasteiger partial charge in [0.25, 0.3) is 5.91 Å². The van der Waals surface area contributed by atoms with Gasteiger partial charge in [-0.1, -0.05) is 0 Å². The number of nitrogens with zero attached hydrogens (tertiary/aromatic N) is 3. The lowest BCUT2D eigenvalue weighted by Gasteiger charge is -2.33. The molecular weight excluding hydrogens is 410 g/mol. The lowest BCUT2D eigenvalue weighted by atomic mass is 9.89. The average Bonchev–Trinajstić information content (AvgIpc) is 2.74. The monoisotopic (exact) mass is 441 g/mol. The van der Waals surface area contributed by atoms with Crippen molar-refractivity contribution in [3.63, 3.8) is 0 Å². The number of amides is 1. The number of carbonyl (C=O) groups excluding carboxylic acids is 2. The van der Waals surface area contributed by atoms with Crippen LogP contribution in [0, 0.1) is 0 Å². The van der Waals surface area contributed by atoms with Gasteiger partial charge < -0.3 is 31.7 Å². The van der Waals surface area contributed by atoms with Crippen LogP contribution in [0.2, 0.25) is 0 Å². The van der Waals surface area contributed by atoms with Crippen LogP contribution in [-0.2, 0) is 9.59 Å². The fourth-order valence-corrected chi connectivity index (χ4v) is 3.36. The van der Waals surface area contributed by atoms with E-state index in [4.69, 9.17) is 5.73 Å². The van der Waals surface area contributed by atoms with Gasteiger partial charge in [-0.15, -0.1) is 0 Å². The van der Waals surface area contributed by atoms with Crippen molar-refractivity contribution >= 4 is 29.4 Å². The number of nitrogens with one attached hydrogen (secondary N) is 3. The summed E-state index contributed by atoms with van der Waals surface area (Å²) in [6.45, 7) is 0. The van der Waals surface area contributed by atoms with Gasteiger partial charge in [0, 0.05) is 32.4 Å². The second kappa shape index (κ2) is 10.8. The lowest BCUT2D eigenvalue weighted by molar-refractivity contribution is -0.118. The molecule has 0 spiro atoms. The number of aliphatic hydroxyl groups excluding tert-OH is 1. The molecule has 0 radical (unpaired) electrons. The zero-order valence-electron chi connectivity index (χ0n) is 18.4. The van der Waals surface area contributed by atoms with Gasteiger partial charge in [-0.2, -0.15) is 0 Å². The molecule has 6 N–H and O–H groups in total. The number of rotatable bonds is 10. The van der Waals surface area contributed by atoms with E-state index >= 15 is 0 Å². The number of allylic oxidation sites excluding steroid dienone is 3. The Morgan fingerprint density at radius 3 is 2.53 bits per heavy atom. The smallest absolute Gasteiger partial charge is 0.256 e. The van der Waals surface area contributed by atoms with Crippen molar-refractivity contribution in [3.05, 3.63) is 42.1 Å². The third-order valence-electron chi connectivity index (χ3n) is 5.84. The minimum absolute atomic E-state index is 0.0721. The molecule has 3 rings (SSSR count). The molecule has 2 aliphatic rings. The third kappa shape index (κ3) is 5.64. The summed E-state index contributed by atoms with van der Waals surface area (Å²) >= 11 is 0. The Bertz CT molecular complexity index is 924. The second-order valence-electron chi connectivity index (χ2n) is 7.97. The van der Waals surface area contributed by atoms with Gasteiger partial charge in [0.15, 0.2) is 12.1 Å². The zero-order chi connectivity index (χ0) is 23.1. The molecule has 2 aliphatic carbocycles. The quantitative estimate of drug-likeness (QED) is 0.203. The summed E-state index contributed by atoms with van der Waals surface area (Å²) in [5.74, 6) is 0.398. The number of nitrogens with two attached hydrogens (primary N) is 1. The molecule has 0 aromatic carbocycles. The molecule has 0 bridgehead atoms. The van der Waals surface area contributed by atoms with Crippen molar-refractivity contribution in [3.8, 4) is 0 Å². The standard InChI is InChI=1S/C22H31N7O3/c1-24-19-11-20(25-14(13-30)5-4-10-29(2)15-6-3-7-15)28-21(27-19)16(12-23)22(32)26-17-8-9-18(17)31/h4-5,10-13,15,17-18,31H,3,6-9,23H2,1-2H3,(H,26,32)(H2,24,25,27,28)/b10-4-,14-5+,16-12+. The number of aliphatic hydroxyl groups is 1. The molecule has 1 heterocycles. The van der Waals surface area contributed by atoms with E-state index in [0.717, 1.165) is 6.20 Å². The number of aromatic nitrogens is 2. The molecule has 1 amide bonds. The van der Waals surface area contributed by atoms with Crippen molar-refractivity contribution in [2.45, 2.75) is 50.3 Å². The molecule has 10 heteroatoms. The summed E-state index contributed by atoms with van der Waals surface area (Å²) < 4.78 is 0. The van der Waals surface area contributed by atoms with Crippen LogP contribution in [-0.4, -0.2) is 64.5 Å². The zero-order valence-corrected chi connectivity index (χ0v) is 18.4. The van der Waals surface area contributed by atoms with E-state index in [-0.39, 0.29) is 17.4 Å². The molecule has 0 aliphatic heterocycles. The molecule has 2 fully saturated rings. The Kier molecular flexibility index (Phi) is 7.82. The minimum atomic E-state index is -0.559. The first kappa shape index (κ1) is 23.3. The van der Waals surface area contributed by atoms with Gasteiger partial charge in [0.2, 0.25) is 0 Å². The maximum atomic E-state index is 12.6. The fraction of sp³-hybridized carbons (Fsp3) is 0.455. The molecule has 2 unspecified atom stereocenters. The average molecular weight is 442 g/mol. The van der Waals surface area contributed by atoms with E-state index in [1.54, 1.807) is 25.3 Å². The number of hydrogen-bond acceptors (Lipinski definition) is 9. The first-order valence-electron chi connectivity index (χ1n) is 10.8. The largest absolute Gasteiger partial charge is 0.404 e. The van der Waals surface area contributed by atoms with E-state index in [1.165, 1.54) is 19.3 Å². The highest BCUT2D eigenvalue weighted by atomic mass is 16.3. The Morgan fingerprint density at radius 2 is 2.00 bits per heavy atom. The van der Waals surface area contributed by atoms with Crippen LogP contribution in [0.5, 0.6) is 0 Å². The Balaban J connectivity index is 1.75. The van der Waals surface area contributed by atoms with Crippen LogP contribution in [0.3, 0.4) is 0 Å². The maximum Gasteiger partial charge on any atom is 0.256 e. The Morgan fingerprint density at radius 1 is 1.25 bits per heavy atom. The SMILES string of the molecule is CNc1cc(N/C(C=O)=C/C=C\N(C)C2CCC2)nc(/C(=C\N)C(=O)NC2CCC2O)n1. The number of hydrogen-bond donors (Lipinski definition) is 5. The summed E-state index contributed by atoms with van der Waals surface area (Å²) in [5.41, 5.74) is 6.06. The molecule has 1 aromatic rings. The summed E-state index contributed by atoms with van der Waals surface area (Å²) in [5, 5.41) is 18.3. The van der Waals surface area contributed by atoms with Gasteiger partial charge >= 0.3 is 0 Å². The third-order valence-corrected chi connectivity index (χ3v) is 5.84. The van der Waals surface area contributed by atoms with Gasteiger partial charge in [-0.25, -0.2) is 9.97 Å². The van der Waals surface area contributed by atoms with Crippen LogP contribution in [0.1, 0.15) is 37.9 Å². The molecule has 0 saturated heterocycles. The molecule has 172 valence electrons. The predicted octanol–water partition coefficient (Wildman–Crippen LogP) is 0.950. The van der Waals surface area contributed by atoms with E-state index in [2.05, 4.69) is 30.8 Å². The summed E-state index contributed by atoms with van der Waals surface area (Å²) in [6, 6.07) is 1.87. The highest BCUT2D eigenvalue weighted by Crippen LogP contribution is 2.24. The van der Waals surface area contributed by atoms with Crippen molar-refractivity contribution in [1.82, 2.24) is 20.2 Å². The predicted molar refractivity (Wildman–Crippen MR) is 123 cm³/mol. The van der Waals surface area contributed by atoms with Crippen LogP contribution in [0.25, 0.3) is 5.57 Å². The van der Waals surface area contributed by atoms with Gasteiger partial charge in [0.1, 0.15) is 11.6 Å². The second-order valence-corrected chi connectivity index (χ2v) is 7.97. The maximum absolute atomic E-state index is 12.6. The van der Waals surface area contributed by atoms with Crippen LogP contribution < -0.4 is 21.7 Å². The molecular formula is C22H31N7O3. The highest BCUT2D eigenvalue weighted by Gasteiger charge is 2.31. The summed E-state index contributed by atoms with van der Waals surface area (Å²) in [6.07, 6.45) is 11.6. The van der Waals surface area contributed by atoms with Gasteiger partial charge in [-0.05, 0) is 50.5 Å².